The van der Waals surface area contributed by atoms with Crippen LogP contribution in [0.4, 0.5) is 4.39 Å². The molecule has 0 bridgehead atoms. The van der Waals surface area contributed by atoms with E-state index in [0.717, 1.165) is 11.5 Å². The summed E-state index contributed by atoms with van der Waals surface area (Å²) in [5.74, 6) is -0.222. The van der Waals surface area contributed by atoms with Crippen LogP contribution in [0.1, 0.15) is 24.6 Å². The second-order valence-corrected chi connectivity index (χ2v) is 2.87. The Bertz CT molecular complexity index is 197. The fourth-order valence-electron chi connectivity index (χ4n) is 0.531. The second kappa shape index (κ2) is 2.39. The Morgan fingerprint density at radius 3 is 2.44 bits per heavy atom. The Morgan fingerprint density at radius 1 is 1.56 bits per heavy atom. The molecule has 1 aromatic rings. The van der Waals surface area contributed by atoms with Crippen molar-refractivity contribution in [3.63, 3.8) is 0 Å². The van der Waals surface area contributed by atoms with Crippen molar-refractivity contribution in [2.45, 2.75) is 19.8 Å². The maximum Gasteiger partial charge on any atom is 0.249 e. The van der Waals surface area contributed by atoms with Gasteiger partial charge in [-0.05, 0) is 17.5 Å². The highest BCUT2D eigenvalue weighted by atomic mass is 32.1. The zero-order valence-corrected chi connectivity index (χ0v) is 6.07. The van der Waals surface area contributed by atoms with Crippen LogP contribution < -0.4 is 0 Å². The van der Waals surface area contributed by atoms with Crippen molar-refractivity contribution in [2.24, 2.45) is 0 Å². The van der Waals surface area contributed by atoms with Gasteiger partial charge in [-0.1, -0.05) is 18.3 Å². The Balaban J connectivity index is 2.94. The first kappa shape index (κ1) is 6.61. The normalized spacial score (nSPS) is 10.7. The summed E-state index contributed by atoms with van der Waals surface area (Å²) in [6.07, 6.45) is 0. The summed E-state index contributed by atoms with van der Waals surface area (Å²) in [5.41, 5.74) is 0. The van der Waals surface area contributed by atoms with Crippen LogP contribution in [-0.4, -0.2) is 9.59 Å². The first-order valence-electron chi connectivity index (χ1n) is 2.69. The minimum absolute atomic E-state index is 0.199. The van der Waals surface area contributed by atoms with Crippen molar-refractivity contribution in [3.8, 4) is 0 Å². The van der Waals surface area contributed by atoms with Gasteiger partial charge in [-0.3, -0.25) is 0 Å². The molecule has 0 radical (unpaired) electrons. The molecule has 0 fully saturated rings. The van der Waals surface area contributed by atoms with E-state index in [1.807, 2.05) is 13.8 Å². The van der Waals surface area contributed by atoms with E-state index in [4.69, 9.17) is 0 Å². The number of halogens is 1. The van der Waals surface area contributed by atoms with Gasteiger partial charge in [-0.15, -0.1) is 5.10 Å². The molecule has 0 aromatic carbocycles. The zero-order valence-electron chi connectivity index (χ0n) is 5.26. The Labute approximate surface area is 56.9 Å². The molecule has 0 saturated carbocycles. The smallest absolute Gasteiger partial charge is 0.182 e. The number of aromatic nitrogens is 2. The van der Waals surface area contributed by atoms with Crippen molar-refractivity contribution in [2.75, 3.05) is 0 Å². The van der Waals surface area contributed by atoms with Crippen LogP contribution in [0.5, 0.6) is 0 Å². The maximum absolute atomic E-state index is 12.4. The molecule has 0 atom stereocenters. The molecule has 0 aliphatic carbocycles. The topological polar surface area (TPSA) is 25.8 Å². The number of rotatable bonds is 1. The molecule has 4 heteroatoms. The van der Waals surface area contributed by atoms with E-state index in [1.54, 1.807) is 0 Å². The third-order valence-electron chi connectivity index (χ3n) is 0.995. The Morgan fingerprint density at radius 2 is 2.22 bits per heavy atom. The van der Waals surface area contributed by atoms with Gasteiger partial charge in [0.05, 0.1) is 4.88 Å². The van der Waals surface area contributed by atoms with E-state index in [0.29, 0.717) is 4.88 Å². The average molecular weight is 146 g/mol. The first-order chi connectivity index (χ1) is 4.22. The van der Waals surface area contributed by atoms with Gasteiger partial charge in [0.25, 0.3) is 0 Å². The van der Waals surface area contributed by atoms with Crippen molar-refractivity contribution >= 4 is 11.5 Å². The van der Waals surface area contributed by atoms with Gasteiger partial charge in [0.2, 0.25) is 5.95 Å². The SMILES string of the molecule is CC(C)c1snnc1F. The van der Waals surface area contributed by atoms with Crippen molar-refractivity contribution in [1.29, 1.82) is 0 Å². The highest BCUT2D eigenvalue weighted by molar-refractivity contribution is 7.05. The van der Waals surface area contributed by atoms with Gasteiger partial charge in [0, 0.05) is 0 Å². The lowest BCUT2D eigenvalue weighted by atomic mass is 10.2. The number of hydrogen-bond donors (Lipinski definition) is 0. The summed E-state index contributed by atoms with van der Waals surface area (Å²) in [6.45, 7) is 3.83. The number of hydrogen-bond acceptors (Lipinski definition) is 3. The van der Waals surface area contributed by atoms with Crippen molar-refractivity contribution in [1.82, 2.24) is 9.59 Å². The van der Waals surface area contributed by atoms with E-state index >= 15 is 0 Å². The molecule has 9 heavy (non-hydrogen) atoms. The third kappa shape index (κ3) is 1.24. The minimum atomic E-state index is -0.421. The molecule has 0 saturated heterocycles. The summed E-state index contributed by atoms with van der Waals surface area (Å²) in [7, 11) is 0. The molecule has 1 heterocycles. The summed E-state index contributed by atoms with van der Waals surface area (Å²) >= 11 is 1.12. The van der Waals surface area contributed by atoms with Gasteiger partial charge in [0.1, 0.15) is 0 Å². The highest BCUT2D eigenvalue weighted by Crippen LogP contribution is 2.19. The molecule has 1 aromatic heterocycles. The van der Waals surface area contributed by atoms with Gasteiger partial charge in [0.15, 0.2) is 0 Å². The predicted octanol–water partition coefficient (Wildman–Crippen LogP) is 1.80. The molecule has 0 N–H and O–H groups in total. The molecule has 50 valence electrons. The Hall–Kier alpha value is -0.510. The summed E-state index contributed by atoms with van der Waals surface area (Å²) < 4.78 is 15.9. The lowest BCUT2D eigenvalue weighted by molar-refractivity contribution is 0.559. The van der Waals surface area contributed by atoms with Gasteiger partial charge < -0.3 is 0 Å². The molecule has 0 aliphatic rings. The predicted molar refractivity (Wildman–Crippen MR) is 34.0 cm³/mol. The molecule has 0 spiro atoms. The fraction of sp³-hybridized carbons (Fsp3) is 0.600. The third-order valence-corrected chi connectivity index (χ3v) is 2.00. The Kier molecular flexibility index (Phi) is 1.75. The van der Waals surface area contributed by atoms with Crippen LogP contribution in [0.25, 0.3) is 0 Å². The van der Waals surface area contributed by atoms with Gasteiger partial charge in [-0.25, -0.2) is 0 Å². The van der Waals surface area contributed by atoms with E-state index in [9.17, 15) is 4.39 Å². The molecule has 0 amide bonds. The lowest BCUT2D eigenvalue weighted by Gasteiger charge is -1.94. The van der Waals surface area contributed by atoms with Crippen LogP contribution in [0, 0.1) is 5.95 Å². The number of nitrogens with zero attached hydrogens (tertiary/aromatic N) is 2. The minimum Gasteiger partial charge on any atom is -0.182 e. The average Bonchev–Trinajstić information content (AvgIpc) is 2.13. The van der Waals surface area contributed by atoms with Crippen LogP contribution in [-0.2, 0) is 0 Å². The summed E-state index contributed by atoms with van der Waals surface area (Å²) in [5, 5.41) is 3.24. The van der Waals surface area contributed by atoms with E-state index in [-0.39, 0.29) is 5.92 Å². The van der Waals surface area contributed by atoms with E-state index in [1.165, 1.54) is 0 Å². The van der Waals surface area contributed by atoms with Crippen molar-refractivity contribution < 1.29 is 4.39 Å². The standard InChI is InChI=1S/C5H7FN2S/c1-3(2)4-5(6)7-8-9-4/h3H,1-2H3. The van der Waals surface area contributed by atoms with E-state index in [2.05, 4.69) is 9.59 Å². The van der Waals surface area contributed by atoms with Crippen molar-refractivity contribution in [3.05, 3.63) is 10.8 Å². The van der Waals surface area contributed by atoms with Crippen LogP contribution in [0.2, 0.25) is 0 Å². The molecule has 0 aliphatic heterocycles. The highest BCUT2D eigenvalue weighted by Gasteiger charge is 2.09. The summed E-state index contributed by atoms with van der Waals surface area (Å²) in [4.78, 5) is 0.634. The molecule has 0 unspecified atom stereocenters. The van der Waals surface area contributed by atoms with Crippen LogP contribution in [0.3, 0.4) is 0 Å². The zero-order chi connectivity index (χ0) is 6.85. The molecule has 1 rings (SSSR count). The van der Waals surface area contributed by atoms with E-state index < -0.39 is 5.95 Å². The molecule has 2 nitrogen and oxygen atoms in total. The summed E-state index contributed by atoms with van der Waals surface area (Å²) in [6, 6.07) is 0. The van der Waals surface area contributed by atoms with Gasteiger partial charge in [-0.2, -0.15) is 4.39 Å². The van der Waals surface area contributed by atoms with Crippen LogP contribution >= 0.6 is 11.5 Å². The maximum atomic E-state index is 12.4. The molecular weight excluding hydrogens is 139 g/mol. The largest absolute Gasteiger partial charge is 0.249 e. The second-order valence-electron chi connectivity index (χ2n) is 2.08. The lowest BCUT2D eigenvalue weighted by Crippen LogP contribution is -1.85. The van der Waals surface area contributed by atoms with Crippen LogP contribution in [0.15, 0.2) is 0 Å². The van der Waals surface area contributed by atoms with Gasteiger partial charge >= 0.3 is 0 Å². The molecular formula is C5H7FN2S. The monoisotopic (exact) mass is 146 g/mol. The fourth-order valence-corrected chi connectivity index (χ4v) is 1.06. The quantitative estimate of drug-likeness (QED) is 0.603. The first-order valence-corrected chi connectivity index (χ1v) is 3.47.